The SMILES string of the molecule is Cc1ccn2c(C(=O)NCC3CCOCC3)nnc2n1. The highest BCUT2D eigenvalue weighted by molar-refractivity contribution is 5.91. The van der Waals surface area contributed by atoms with E-state index < -0.39 is 0 Å². The van der Waals surface area contributed by atoms with Gasteiger partial charge in [-0.1, -0.05) is 0 Å². The van der Waals surface area contributed by atoms with Crippen molar-refractivity contribution in [1.82, 2.24) is 24.9 Å². The van der Waals surface area contributed by atoms with Crippen LogP contribution in [0.15, 0.2) is 12.3 Å². The number of nitrogens with one attached hydrogen (secondary N) is 1. The molecule has 0 saturated carbocycles. The van der Waals surface area contributed by atoms with Crippen LogP contribution in [-0.2, 0) is 4.74 Å². The first kappa shape index (κ1) is 13.0. The number of aromatic nitrogens is 4. The summed E-state index contributed by atoms with van der Waals surface area (Å²) in [6.07, 6.45) is 3.74. The topological polar surface area (TPSA) is 81.4 Å². The van der Waals surface area contributed by atoms with E-state index >= 15 is 0 Å². The molecule has 3 rings (SSSR count). The molecule has 0 aromatic carbocycles. The van der Waals surface area contributed by atoms with Crippen LogP contribution >= 0.6 is 0 Å². The first-order valence-corrected chi connectivity index (χ1v) is 6.78. The van der Waals surface area contributed by atoms with Crippen molar-refractivity contribution in [1.29, 1.82) is 0 Å². The maximum atomic E-state index is 12.2. The van der Waals surface area contributed by atoms with Gasteiger partial charge in [0.05, 0.1) is 0 Å². The van der Waals surface area contributed by atoms with Gasteiger partial charge in [0.15, 0.2) is 0 Å². The van der Waals surface area contributed by atoms with Gasteiger partial charge in [0.1, 0.15) is 0 Å². The van der Waals surface area contributed by atoms with Gasteiger partial charge in [-0.05, 0) is 31.7 Å². The van der Waals surface area contributed by atoms with Gasteiger partial charge in [-0.3, -0.25) is 9.20 Å². The maximum absolute atomic E-state index is 12.2. The number of carbonyl (C=O) groups is 1. The minimum atomic E-state index is -0.213. The number of rotatable bonds is 3. The Morgan fingerprint density at radius 1 is 1.45 bits per heavy atom. The summed E-state index contributed by atoms with van der Waals surface area (Å²) in [6, 6.07) is 1.83. The summed E-state index contributed by atoms with van der Waals surface area (Å²) in [6.45, 7) is 4.07. The average molecular weight is 275 g/mol. The Morgan fingerprint density at radius 3 is 3.05 bits per heavy atom. The van der Waals surface area contributed by atoms with Crippen molar-refractivity contribution >= 4 is 11.7 Å². The van der Waals surface area contributed by atoms with Crippen molar-refractivity contribution < 1.29 is 9.53 Å². The Bertz CT molecular complexity index is 618. The van der Waals surface area contributed by atoms with Crippen molar-refractivity contribution in [3.8, 4) is 0 Å². The normalized spacial score (nSPS) is 16.4. The number of fused-ring (bicyclic) bond motifs is 1. The number of aryl methyl sites for hydroxylation is 1. The Kier molecular flexibility index (Phi) is 3.60. The van der Waals surface area contributed by atoms with E-state index in [1.54, 1.807) is 10.6 Å². The summed E-state index contributed by atoms with van der Waals surface area (Å²) in [4.78, 5) is 16.4. The van der Waals surface area contributed by atoms with Crippen LogP contribution in [0, 0.1) is 12.8 Å². The van der Waals surface area contributed by atoms with Crippen LogP contribution in [-0.4, -0.2) is 45.2 Å². The molecule has 0 spiro atoms. The van der Waals surface area contributed by atoms with Crippen LogP contribution in [0.5, 0.6) is 0 Å². The fourth-order valence-corrected chi connectivity index (χ4v) is 2.30. The lowest BCUT2D eigenvalue weighted by Gasteiger charge is -2.21. The lowest BCUT2D eigenvalue weighted by Crippen LogP contribution is -2.33. The van der Waals surface area contributed by atoms with Crippen LogP contribution in [0.1, 0.15) is 29.2 Å². The first-order valence-electron chi connectivity index (χ1n) is 6.78. The summed E-state index contributed by atoms with van der Waals surface area (Å²) >= 11 is 0. The Hall–Kier alpha value is -2.02. The van der Waals surface area contributed by atoms with Crippen LogP contribution in [0.25, 0.3) is 5.78 Å². The summed E-state index contributed by atoms with van der Waals surface area (Å²) in [7, 11) is 0. The van der Waals surface area contributed by atoms with E-state index in [0.717, 1.165) is 31.7 Å². The number of hydrogen-bond acceptors (Lipinski definition) is 5. The second-order valence-corrected chi connectivity index (χ2v) is 5.03. The third-order valence-corrected chi connectivity index (χ3v) is 3.51. The Morgan fingerprint density at radius 2 is 2.25 bits per heavy atom. The van der Waals surface area contributed by atoms with E-state index in [0.29, 0.717) is 18.2 Å². The predicted molar refractivity (Wildman–Crippen MR) is 71.4 cm³/mol. The fourth-order valence-electron chi connectivity index (χ4n) is 2.30. The molecule has 1 saturated heterocycles. The summed E-state index contributed by atoms with van der Waals surface area (Å²) in [5.74, 6) is 0.989. The number of hydrogen-bond donors (Lipinski definition) is 1. The molecule has 1 amide bonds. The highest BCUT2D eigenvalue weighted by Crippen LogP contribution is 2.13. The second-order valence-electron chi connectivity index (χ2n) is 5.03. The fraction of sp³-hybridized carbons (Fsp3) is 0.538. The zero-order chi connectivity index (χ0) is 13.9. The highest BCUT2D eigenvalue weighted by atomic mass is 16.5. The van der Waals surface area contributed by atoms with Crippen molar-refractivity contribution in [2.24, 2.45) is 5.92 Å². The molecular formula is C13H17N5O2. The van der Waals surface area contributed by atoms with Crippen molar-refractivity contribution in [3.05, 3.63) is 23.8 Å². The third-order valence-electron chi connectivity index (χ3n) is 3.51. The number of ether oxygens (including phenoxy) is 1. The molecule has 106 valence electrons. The quantitative estimate of drug-likeness (QED) is 0.886. The number of amides is 1. The molecule has 0 aliphatic carbocycles. The molecule has 0 unspecified atom stereocenters. The Balaban J connectivity index is 1.69. The Labute approximate surface area is 116 Å². The molecule has 1 N–H and O–H groups in total. The second kappa shape index (κ2) is 5.54. The molecule has 0 radical (unpaired) electrons. The zero-order valence-electron chi connectivity index (χ0n) is 11.4. The van der Waals surface area contributed by atoms with Gasteiger partial charge in [-0.15, -0.1) is 10.2 Å². The molecular weight excluding hydrogens is 258 g/mol. The van der Waals surface area contributed by atoms with Gasteiger partial charge in [-0.25, -0.2) is 4.98 Å². The molecule has 20 heavy (non-hydrogen) atoms. The average Bonchev–Trinajstić information content (AvgIpc) is 2.89. The van der Waals surface area contributed by atoms with Gasteiger partial charge in [0.2, 0.25) is 5.82 Å². The number of nitrogens with zero attached hydrogens (tertiary/aromatic N) is 4. The zero-order valence-corrected chi connectivity index (χ0v) is 11.4. The monoisotopic (exact) mass is 275 g/mol. The van der Waals surface area contributed by atoms with Gasteiger partial charge in [-0.2, -0.15) is 0 Å². The van der Waals surface area contributed by atoms with Crippen molar-refractivity contribution in [2.75, 3.05) is 19.8 Å². The van der Waals surface area contributed by atoms with E-state index in [2.05, 4.69) is 20.5 Å². The molecule has 7 nitrogen and oxygen atoms in total. The lowest BCUT2D eigenvalue weighted by atomic mass is 10.0. The molecule has 0 bridgehead atoms. The van der Waals surface area contributed by atoms with Crippen molar-refractivity contribution in [2.45, 2.75) is 19.8 Å². The molecule has 2 aromatic rings. The maximum Gasteiger partial charge on any atom is 0.289 e. The molecule has 1 aliphatic heterocycles. The van der Waals surface area contributed by atoms with Crippen LogP contribution in [0.4, 0.5) is 0 Å². The molecule has 7 heteroatoms. The summed E-state index contributed by atoms with van der Waals surface area (Å²) in [5.41, 5.74) is 0.846. The van der Waals surface area contributed by atoms with Gasteiger partial charge >= 0.3 is 0 Å². The van der Waals surface area contributed by atoms with Crippen LogP contribution in [0.2, 0.25) is 0 Å². The minimum absolute atomic E-state index is 0.213. The molecule has 1 fully saturated rings. The van der Waals surface area contributed by atoms with E-state index in [-0.39, 0.29) is 11.7 Å². The largest absolute Gasteiger partial charge is 0.381 e. The lowest BCUT2D eigenvalue weighted by molar-refractivity contribution is 0.0641. The van der Waals surface area contributed by atoms with E-state index in [1.165, 1.54) is 0 Å². The smallest absolute Gasteiger partial charge is 0.289 e. The highest BCUT2D eigenvalue weighted by Gasteiger charge is 2.18. The van der Waals surface area contributed by atoms with Gasteiger partial charge in [0, 0.05) is 31.6 Å². The molecule has 1 aliphatic rings. The number of carbonyl (C=O) groups excluding carboxylic acids is 1. The molecule has 2 aromatic heterocycles. The molecule has 0 atom stereocenters. The summed E-state index contributed by atoms with van der Waals surface area (Å²) < 4.78 is 6.90. The van der Waals surface area contributed by atoms with Crippen molar-refractivity contribution in [3.63, 3.8) is 0 Å². The predicted octanol–water partition coefficient (Wildman–Crippen LogP) is 0.589. The standard InChI is InChI=1S/C13H17N5O2/c1-9-2-5-18-11(16-17-13(18)15-9)12(19)14-8-10-3-6-20-7-4-10/h2,5,10H,3-4,6-8H2,1H3,(H,14,19). The van der Waals surface area contributed by atoms with E-state index in [1.807, 2.05) is 13.0 Å². The third kappa shape index (κ3) is 2.62. The van der Waals surface area contributed by atoms with Gasteiger partial charge < -0.3 is 10.1 Å². The van der Waals surface area contributed by atoms with Crippen LogP contribution in [0.3, 0.4) is 0 Å². The van der Waals surface area contributed by atoms with E-state index in [4.69, 9.17) is 4.74 Å². The molecule has 3 heterocycles. The van der Waals surface area contributed by atoms with E-state index in [9.17, 15) is 4.79 Å². The van der Waals surface area contributed by atoms with Gasteiger partial charge in [0.25, 0.3) is 11.7 Å². The summed E-state index contributed by atoms with van der Waals surface area (Å²) in [5, 5.41) is 10.7. The van der Waals surface area contributed by atoms with Crippen LogP contribution < -0.4 is 5.32 Å². The first-order chi connectivity index (χ1) is 9.74. The minimum Gasteiger partial charge on any atom is -0.381 e.